The van der Waals surface area contributed by atoms with E-state index in [2.05, 4.69) is 5.32 Å². The van der Waals surface area contributed by atoms with Crippen LogP contribution in [0.15, 0.2) is 24.3 Å². The molecule has 0 saturated heterocycles. The second-order valence-electron chi connectivity index (χ2n) is 6.93. The quantitative estimate of drug-likeness (QED) is 0.893. The average Bonchev–Trinajstić information content (AvgIpc) is 2.53. The number of carbonyl (C=O) groups is 1. The highest BCUT2D eigenvalue weighted by molar-refractivity contribution is 5.74. The third kappa shape index (κ3) is 3.99. The van der Waals surface area contributed by atoms with E-state index in [0.29, 0.717) is 18.2 Å². The zero-order valence-electron chi connectivity index (χ0n) is 13.9. The van der Waals surface area contributed by atoms with Crippen molar-refractivity contribution in [3.63, 3.8) is 0 Å². The van der Waals surface area contributed by atoms with Crippen molar-refractivity contribution in [2.45, 2.75) is 57.4 Å². The molecule has 0 aliphatic heterocycles. The minimum Gasteiger partial charge on any atom is -0.337 e. The van der Waals surface area contributed by atoms with E-state index < -0.39 is 5.41 Å². The molecule has 0 atom stereocenters. The number of amides is 2. The van der Waals surface area contributed by atoms with E-state index in [0.717, 1.165) is 12.8 Å². The van der Waals surface area contributed by atoms with Gasteiger partial charge in [-0.1, -0.05) is 51.3 Å². The minimum atomic E-state index is -0.436. The third-order valence-corrected chi connectivity index (χ3v) is 4.73. The molecule has 2 rings (SSSR count). The molecule has 1 aliphatic rings. The molecule has 1 aliphatic carbocycles. The molecule has 1 aromatic carbocycles. The standard InChI is InChI=1S/C18H27FN2O/c1-18(2,15-11-7-8-12-16(15)19)13-20-17(22)21(3)14-9-5-4-6-10-14/h7-8,11-12,14H,4-6,9-10,13H2,1-3H3,(H,20,22). The van der Waals surface area contributed by atoms with E-state index in [1.54, 1.807) is 12.1 Å². The number of hydrogen-bond donors (Lipinski definition) is 1. The lowest BCUT2D eigenvalue weighted by atomic mass is 9.84. The van der Waals surface area contributed by atoms with Gasteiger partial charge in [0.25, 0.3) is 0 Å². The normalized spacial score (nSPS) is 16.4. The fourth-order valence-corrected chi connectivity index (χ4v) is 3.16. The number of benzene rings is 1. The smallest absolute Gasteiger partial charge is 0.317 e. The van der Waals surface area contributed by atoms with Crippen LogP contribution in [0.3, 0.4) is 0 Å². The molecule has 0 unspecified atom stereocenters. The van der Waals surface area contributed by atoms with Crippen LogP contribution in [0.2, 0.25) is 0 Å². The molecular formula is C18H27FN2O. The third-order valence-electron chi connectivity index (χ3n) is 4.73. The van der Waals surface area contributed by atoms with Gasteiger partial charge in [-0.2, -0.15) is 0 Å². The molecule has 1 aromatic rings. The number of halogens is 1. The maximum Gasteiger partial charge on any atom is 0.317 e. The second-order valence-corrected chi connectivity index (χ2v) is 6.93. The van der Waals surface area contributed by atoms with E-state index in [1.807, 2.05) is 31.9 Å². The van der Waals surface area contributed by atoms with Crippen LogP contribution in [0.5, 0.6) is 0 Å². The molecule has 0 bridgehead atoms. The second kappa shape index (κ2) is 7.12. The molecule has 22 heavy (non-hydrogen) atoms. The van der Waals surface area contributed by atoms with Crippen molar-refractivity contribution >= 4 is 6.03 Å². The van der Waals surface area contributed by atoms with E-state index in [1.165, 1.54) is 25.3 Å². The Morgan fingerprint density at radius 2 is 1.91 bits per heavy atom. The van der Waals surface area contributed by atoms with Crippen molar-refractivity contribution in [2.75, 3.05) is 13.6 Å². The van der Waals surface area contributed by atoms with Gasteiger partial charge in [0.05, 0.1) is 0 Å². The van der Waals surface area contributed by atoms with Crippen molar-refractivity contribution in [1.82, 2.24) is 10.2 Å². The van der Waals surface area contributed by atoms with Crippen LogP contribution in [-0.2, 0) is 5.41 Å². The van der Waals surface area contributed by atoms with Crippen molar-refractivity contribution in [3.8, 4) is 0 Å². The highest BCUT2D eigenvalue weighted by atomic mass is 19.1. The van der Waals surface area contributed by atoms with Gasteiger partial charge in [0, 0.05) is 25.0 Å². The summed E-state index contributed by atoms with van der Waals surface area (Å²) in [4.78, 5) is 14.1. The summed E-state index contributed by atoms with van der Waals surface area (Å²) >= 11 is 0. The van der Waals surface area contributed by atoms with E-state index in [-0.39, 0.29) is 11.8 Å². The first kappa shape index (κ1) is 16.8. The minimum absolute atomic E-state index is 0.0590. The maximum absolute atomic E-state index is 13.9. The van der Waals surface area contributed by atoms with Crippen LogP contribution >= 0.6 is 0 Å². The Labute approximate surface area is 132 Å². The van der Waals surface area contributed by atoms with Crippen LogP contribution in [0.4, 0.5) is 9.18 Å². The average molecular weight is 306 g/mol. The summed E-state index contributed by atoms with van der Waals surface area (Å²) in [6.45, 7) is 4.32. The summed E-state index contributed by atoms with van der Waals surface area (Å²) < 4.78 is 13.9. The van der Waals surface area contributed by atoms with Gasteiger partial charge in [-0.15, -0.1) is 0 Å². The van der Waals surface area contributed by atoms with Gasteiger partial charge in [0.1, 0.15) is 5.82 Å². The highest BCUT2D eigenvalue weighted by Gasteiger charge is 2.27. The van der Waals surface area contributed by atoms with Gasteiger partial charge in [0.15, 0.2) is 0 Å². The van der Waals surface area contributed by atoms with Crippen molar-refractivity contribution in [3.05, 3.63) is 35.6 Å². The lowest BCUT2D eigenvalue weighted by Crippen LogP contribution is -2.47. The van der Waals surface area contributed by atoms with Crippen LogP contribution in [0, 0.1) is 5.82 Å². The van der Waals surface area contributed by atoms with Crippen molar-refractivity contribution in [2.24, 2.45) is 0 Å². The maximum atomic E-state index is 13.9. The first-order valence-corrected chi connectivity index (χ1v) is 8.17. The Morgan fingerprint density at radius 3 is 2.55 bits per heavy atom. The molecular weight excluding hydrogens is 279 g/mol. The summed E-state index contributed by atoms with van der Waals surface area (Å²) in [5, 5.41) is 2.97. The zero-order valence-corrected chi connectivity index (χ0v) is 13.9. The SMILES string of the molecule is CN(C(=O)NCC(C)(C)c1ccccc1F)C1CCCCC1. The number of carbonyl (C=O) groups excluding carboxylic acids is 1. The van der Waals surface area contributed by atoms with Gasteiger partial charge in [0.2, 0.25) is 0 Å². The number of nitrogens with zero attached hydrogens (tertiary/aromatic N) is 1. The zero-order chi connectivity index (χ0) is 16.2. The molecule has 0 radical (unpaired) electrons. The molecule has 2 amide bonds. The Bertz CT molecular complexity index is 510. The van der Waals surface area contributed by atoms with Gasteiger partial charge in [-0.3, -0.25) is 0 Å². The molecule has 0 spiro atoms. The number of urea groups is 1. The number of nitrogens with one attached hydrogen (secondary N) is 1. The summed E-state index contributed by atoms with van der Waals surface area (Å²) in [7, 11) is 1.86. The summed E-state index contributed by atoms with van der Waals surface area (Å²) in [6, 6.07) is 7.04. The molecule has 1 saturated carbocycles. The largest absolute Gasteiger partial charge is 0.337 e. The summed E-state index contributed by atoms with van der Waals surface area (Å²) in [5.41, 5.74) is 0.199. The van der Waals surface area contributed by atoms with Crippen LogP contribution in [-0.4, -0.2) is 30.6 Å². The highest BCUT2D eigenvalue weighted by Crippen LogP contribution is 2.25. The first-order chi connectivity index (χ1) is 10.4. The predicted octanol–water partition coefficient (Wildman–Crippen LogP) is 4.08. The van der Waals surface area contributed by atoms with Crippen molar-refractivity contribution < 1.29 is 9.18 Å². The monoisotopic (exact) mass is 306 g/mol. The molecule has 1 fully saturated rings. The van der Waals surface area contributed by atoms with Gasteiger partial charge >= 0.3 is 6.03 Å². The Morgan fingerprint density at radius 1 is 1.27 bits per heavy atom. The Hall–Kier alpha value is -1.58. The van der Waals surface area contributed by atoms with E-state index in [4.69, 9.17) is 0 Å². The molecule has 4 heteroatoms. The molecule has 1 N–H and O–H groups in total. The fraction of sp³-hybridized carbons (Fsp3) is 0.611. The molecule has 122 valence electrons. The van der Waals surface area contributed by atoms with Crippen molar-refractivity contribution in [1.29, 1.82) is 0 Å². The summed E-state index contributed by atoms with van der Waals surface area (Å²) in [5.74, 6) is -0.220. The number of hydrogen-bond acceptors (Lipinski definition) is 1. The van der Waals surface area contributed by atoms with Crippen LogP contribution in [0.1, 0.15) is 51.5 Å². The fourth-order valence-electron chi connectivity index (χ4n) is 3.16. The van der Waals surface area contributed by atoms with E-state index >= 15 is 0 Å². The lowest BCUT2D eigenvalue weighted by Gasteiger charge is -2.33. The Kier molecular flexibility index (Phi) is 5.43. The predicted molar refractivity (Wildman–Crippen MR) is 87.5 cm³/mol. The number of rotatable bonds is 4. The first-order valence-electron chi connectivity index (χ1n) is 8.17. The summed E-state index contributed by atoms with van der Waals surface area (Å²) in [6.07, 6.45) is 5.83. The van der Waals surface area contributed by atoms with Crippen LogP contribution < -0.4 is 5.32 Å². The molecule has 0 heterocycles. The van der Waals surface area contributed by atoms with Gasteiger partial charge < -0.3 is 10.2 Å². The van der Waals surface area contributed by atoms with Gasteiger partial charge in [-0.25, -0.2) is 9.18 Å². The molecule has 0 aromatic heterocycles. The lowest BCUT2D eigenvalue weighted by molar-refractivity contribution is 0.171. The van der Waals surface area contributed by atoms with Gasteiger partial charge in [-0.05, 0) is 24.5 Å². The van der Waals surface area contributed by atoms with E-state index in [9.17, 15) is 9.18 Å². The Balaban J connectivity index is 1.93. The molecule has 3 nitrogen and oxygen atoms in total. The van der Waals surface area contributed by atoms with Crippen LogP contribution in [0.25, 0.3) is 0 Å². The topological polar surface area (TPSA) is 32.3 Å².